The summed E-state index contributed by atoms with van der Waals surface area (Å²) >= 11 is 0. The maximum atomic E-state index is 12.7. The third-order valence-electron chi connectivity index (χ3n) is 8.05. The number of aliphatic hydroxyl groups excluding tert-OH is 1. The van der Waals surface area contributed by atoms with Crippen molar-refractivity contribution in [1.82, 2.24) is 0 Å². The van der Waals surface area contributed by atoms with Gasteiger partial charge in [0, 0.05) is 32.5 Å². The summed E-state index contributed by atoms with van der Waals surface area (Å²) in [6.45, 7) is 5.61. The number of esters is 2. The molecule has 0 aliphatic carbocycles. The standard InChI is InChI=1S/C38H64O9/c1-3-5-7-9-14-18-24-44-38(45-25-19-15-10-8-6-4-2)23-22-37(43)47-31-34-27-32(29-39)26-33(28-34)30-46-36(42)21-17-13-11-12-16-20-35(40)41/h26-28,38-39H,3-25,29-31H2,1-2H3,(H,40,41). The van der Waals surface area contributed by atoms with Crippen molar-refractivity contribution in [3.63, 3.8) is 0 Å². The lowest BCUT2D eigenvalue weighted by atomic mass is 10.1. The van der Waals surface area contributed by atoms with E-state index in [2.05, 4.69) is 13.8 Å². The van der Waals surface area contributed by atoms with E-state index in [1.165, 1.54) is 51.4 Å². The van der Waals surface area contributed by atoms with Crippen molar-refractivity contribution in [2.75, 3.05) is 13.2 Å². The second kappa shape index (κ2) is 29.6. The number of aliphatic carboxylic acids is 1. The number of ether oxygens (including phenoxy) is 4. The average molecular weight is 665 g/mol. The number of unbranched alkanes of at least 4 members (excludes halogenated alkanes) is 14. The van der Waals surface area contributed by atoms with Gasteiger partial charge in [-0.3, -0.25) is 14.4 Å². The minimum absolute atomic E-state index is 0.0530. The summed E-state index contributed by atoms with van der Waals surface area (Å²) < 4.78 is 23.1. The van der Waals surface area contributed by atoms with Crippen LogP contribution in [-0.4, -0.2) is 47.6 Å². The Morgan fingerprint density at radius 2 is 1.00 bits per heavy atom. The van der Waals surface area contributed by atoms with Crippen LogP contribution >= 0.6 is 0 Å². The van der Waals surface area contributed by atoms with Crippen LogP contribution in [0.1, 0.15) is 165 Å². The molecule has 0 saturated heterocycles. The molecule has 0 spiro atoms. The summed E-state index contributed by atoms with van der Waals surface area (Å²) in [5, 5.41) is 18.4. The van der Waals surface area contributed by atoms with Gasteiger partial charge in [0.2, 0.25) is 0 Å². The molecule has 0 amide bonds. The first-order chi connectivity index (χ1) is 22.9. The van der Waals surface area contributed by atoms with Crippen molar-refractivity contribution in [3.8, 4) is 0 Å². The van der Waals surface area contributed by atoms with Gasteiger partial charge in [-0.15, -0.1) is 0 Å². The van der Waals surface area contributed by atoms with Gasteiger partial charge in [-0.05, 0) is 48.4 Å². The molecule has 0 unspecified atom stereocenters. The third kappa shape index (κ3) is 25.2. The molecule has 0 heterocycles. The number of rotatable bonds is 32. The third-order valence-corrected chi connectivity index (χ3v) is 8.05. The summed E-state index contributed by atoms with van der Waals surface area (Å²) in [6, 6.07) is 5.37. The lowest BCUT2D eigenvalue weighted by Gasteiger charge is -2.19. The normalized spacial score (nSPS) is 11.2. The van der Waals surface area contributed by atoms with Crippen LogP contribution in [0.25, 0.3) is 0 Å². The number of hydrogen-bond donors (Lipinski definition) is 2. The maximum Gasteiger partial charge on any atom is 0.306 e. The highest BCUT2D eigenvalue weighted by Crippen LogP contribution is 2.16. The number of carbonyl (C=O) groups is 3. The van der Waals surface area contributed by atoms with Crippen LogP contribution in [0.3, 0.4) is 0 Å². The number of carboxylic acid groups (broad SMARTS) is 1. The SMILES string of the molecule is CCCCCCCCOC(CCC(=O)OCc1cc(CO)cc(COC(=O)CCCCCCCC(=O)O)c1)OCCCCCCCC. The highest BCUT2D eigenvalue weighted by atomic mass is 16.7. The predicted molar refractivity (Wildman–Crippen MR) is 184 cm³/mol. The largest absolute Gasteiger partial charge is 0.481 e. The number of carbonyl (C=O) groups excluding carboxylic acids is 2. The second-order valence-corrected chi connectivity index (χ2v) is 12.5. The molecular formula is C38H64O9. The van der Waals surface area contributed by atoms with Crippen LogP contribution in [0.5, 0.6) is 0 Å². The highest BCUT2D eigenvalue weighted by Gasteiger charge is 2.14. The molecule has 0 aliphatic heterocycles. The fourth-order valence-corrected chi connectivity index (χ4v) is 5.29. The molecule has 0 radical (unpaired) electrons. The fraction of sp³-hybridized carbons (Fsp3) is 0.763. The number of benzene rings is 1. The Hall–Kier alpha value is -2.49. The van der Waals surface area contributed by atoms with Crippen molar-refractivity contribution in [2.24, 2.45) is 0 Å². The Labute approximate surface area is 284 Å². The molecule has 0 atom stereocenters. The molecule has 9 nitrogen and oxygen atoms in total. The molecule has 0 bridgehead atoms. The first-order valence-corrected chi connectivity index (χ1v) is 18.4. The lowest BCUT2D eigenvalue weighted by molar-refractivity contribution is -0.160. The van der Waals surface area contributed by atoms with Gasteiger partial charge in [-0.2, -0.15) is 0 Å². The first kappa shape index (κ1) is 42.5. The smallest absolute Gasteiger partial charge is 0.306 e. The van der Waals surface area contributed by atoms with Crippen LogP contribution in [0, 0.1) is 0 Å². The Morgan fingerprint density at radius 3 is 1.49 bits per heavy atom. The quantitative estimate of drug-likeness (QED) is 0.0440. The molecule has 9 heteroatoms. The van der Waals surface area contributed by atoms with Gasteiger partial charge in [-0.25, -0.2) is 0 Å². The van der Waals surface area contributed by atoms with Crippen LogP contribution in [0.15, 0.2) is 18.2 Å². The molecule has 2 N–H and O–H groups in total. The summed E-state index contributed by atoms with van der Waals surface area (Å²) in [4.78, 5) is 35.4. The van der Waals surface area contributed by atoms with Gasteiger partial charge >= 0.3 is 17.9 Å². The predicted octanol–water partition coefficient (Wildman–Crippen LogP) is 8.94. The zero-order valence-corrected chi connectivity index (χ0v) is 29.4. The number of carboxylic acids is 1. The minimum Gasteiger partial charge on any atom is -0.481 e. The maximum absolute atomic E-state index is 12.7. The van der Waals surface area contributed by atoms with Crippen molar-refractivity contribution in [2.45, 2.75) is 175 Å². The molecule has 1 aromatic carbocycles. The van der Waals surface area contributed by atoms with Crippen LogP contribution < -0.4 is 0 Å². The van der Waals surface area contributed by atoms with E-state index in [4.69, 9.17) is 24.1 Å². The molecule has 1 aromatic rings. The Balaban J connectivity index is 2.47. The summed E-state index contributed by atoms with van der Waals surface area (Å²) in [5.74, 6) is -1.42. The Bertz CT molecular complexity index is 931. The molecule has 0 aliphatic rings. The second-order valence-electron chi connectivity index (χ2n) is 12.5. The zero-order chi connectivity index (χ0) is 34.4. The van der Waals surface area contributed by atoms with Gasteiger partial charge in [0.1, 0.15) is 13.2 Å². The van der Waals surface area contributed by atoms with E-state index in [0.29, 0.717) is 50.0 Å². The van der Waals surface area contributed by atoms with Crippen molar-refractivity contribution in [3.05, 3.63) is 34.9 Å². The molecule has 0 aromatic heterocycles. The molecular weight excluding hydrogens is 600 g/mol. The summed E-state index contributed by atoms with van der Waals surface area (Å²) in [5.41, 5.74) is 2.08. The fourth-order valence-electron chi connectivity index (χ4n) is 5.29. The summed E-state index contributed by atoms with van der Waals surface area (Å²) in [6.07, 6.45) is 18.8. The first-order valence-electron chi connectivity index (χ1n) is 18.4. The van der Waals surface area contributed by atoms with Gasteiger partial charge in [0.25, 0.3) is 0 Å². The number of aliphatic hydroxyl groups is 1. The molecule has 1 rings (SSSR count). The van der Waals surface area contributed by atoms with E-state index in [-0.39, 0.29) is 44.6 Å². The van der Waals surface area contributed by atoms with Crippen LogP contribution in [0.4, 0.5) is 0 Å². The Morgan fingerprint density at radius 1 is 0.574 bits per heavy atom. The van der Waals surface area contributed by atoms with Crippen molar-refractivity contribution in [1.29, 1.82) is 0 Å². The highest BCUT2D eigenvalue weighted by molar-refractivity contribution is 5.69. The molecule has 270 valence electrons. The zero-order valence-electron chi connectivity index (χ0n) is 29.4. The average Bonchev–Trinajstić information content (AvgIpc) is 3.06. The monoisotopic (exact) mass is 664 g/mol. The van der Waals surface area contributed by atoms with E-state index >= 15 is 0 Å². The van der Waals surface area contributed by atoms with E-state index in [1.807, 2.05) is 6.07 Å². The number of hydrogen-bond acceptors (Lipinski definition) is 8. The van der Waals surface area contributed by atoms with E-state index in [9.17, 15) is 19.5 Å². The van der Waals surface area contributed by atoms with E-state index in [0.717, 1.165) is 50.5 Å². The van der Waals surface area contributed by atoms with Gasteiger partial charge in [0.15, 0.2) is 6.29 Å². The summed E-state index contributed by atoms with van der Waals surface area (Å²) in [7, 11) is 0. The van der Waals surface area contributed by atoms with Gasteiger partial charge in [-0.1, -0.05) is 109 Å². The lowest BCUT2D eigenvalue weighted by Crippen LogP contribution is -2.21. The van der Waals surface area contributed by atoms with Crippen molar-refractivity contribution < 1.29 is 43.5 Å². The topological polar surface area (TPSA) is 129 Å². The van der Waals surface area contributed by atoms with Gasteiger partial charge < -0.3 is 29.2 Å². The molecule has 47 heavy (non-hydrogen) atoms. The van der Waals surface area contributed by atoms with Crippen molar-refractivity contribution >= 4 is 17.9 Å². The van der Waals surface area contributed by atoms with Crippen LogP contribution in [-0.2, 0) is 53.2 Å². The van der Waals surface area contributed by atoms with Crippen LogP contribution in [0.2, 0.25) is 0 Å². The Kier molecular flexibility index (Phi) is 26.8. The van der Waals surface area contributed by atoms with E-state index in [1.54, 1.807) is 12.1 Å². The minimum atomic E-state index is -0.780. The van der Waals surface area contributed by atoms with E-state index < -0.39 is 12.3 Å². The van der Waals surface area contributed by atoms with Gasteiger partial charge in [0.05, 0.1) is 13.0 Å². The molecule has 0 saturated carbocycles. The molecule has 0 fully saturated rings.